The van der Waals surface area contributed by atoms with Gasteiger partial charge in [-0.3, -0.25) is 0 Å². The second kappa shape index (κ2) is 10.9. The molecule has 0 aromatic carbocycles. The fraction of sp³-hybridized carbons (Fsp3) is 0.737. The predicted octanol–water partition coefficient (Wildman–Crippen LogP) is 2.28. The molecule has 0 aliphatic heterocycles. The van der Waals surface area contributed by atoms with Crippen molar-refractivity contribution in [1.82, 2.24) is 20.6 Å². The summed E-state index contributed by atoms with van der Waals surface area (Å²) in [4.78, 5) is 40.1. The summed E-state index contributed by atoms with van der Waals surface area (Å²) in [7, 11) is 0. The molecule has 0 saturated carbocycles. The quantitative estimate of drug-likeness (QED) is 0.333. The third-order valence-electron chi connectivity index (χ3n) is 3.72. The van der Waals surface area contributed by atoms with Gasteiger partial charge in [0.25, 0.3) is 0 Å². The van der Waals surface area contributed by atoms with Crippen LogP contribution in [0, 0.1) is 16.0 Å². The van der Waals surface area contributed by atoms with Gasteiger partial charge in [-0.2, -0.15) is 0 Å². The maximum Gasteiger partial charge on any atom is 0.432 e. The van der Waals surface area contributed by atoms with E-state index in [0.29, 0.717) is 5.69 Å². The monoisotopic (exact) mass is 443 g/mol. The second-order valence-corrected chi connectivity index (χ2v) is 9.21. The molecule has 0 fully saturated rings. The average molecular weight is 444 g/mol. The topological polar surface area (TPSA) is 169 Å². The SMILES string of the molecule is CC(C)(C)OC(=O)NCC(CNC(=O)OC(C)(C)C)CC(O)Cc1cnc([N+](=O)[O-])[nH]1. The highest BCUT2D eigenvalue weighted by molar-refractivity contribution is 5.68. The summed E-state index contributed by atoms with van der Waals surface area (Å²) in [5.41, 5.74) is -0.926. The van der Waals surface area contributed by atoms with Gasteiger partial charge < -0.3 is 35.3 Å². The van der Waals surface area contributed by atoms with Crippen LogP contribution in [0.3, 0.4) is 0 Å². The molecule has 1 rings (SSSR count). The minimum absolute atomic E-state index is 0.0935. The fourth-order valence-corrected chi connectivity index (χ4v) is 2.59. The largest absolute Gasteiger partial charge is 0.444 e. The molecule has 0 radical (unpaired) electrons. The van der Waals surface area contributed by atoms with Gasteiger partial charge in [0.15, 0.2) is 0 Å². The molecule has 31 heavy (non-hydrogen) atoms. The van der Waals surface area contributed by atoms with E-state index in [4.69, 9.17) is 9.47 Å². The highest BCUT2D eigenvalue weighted by atomic mass is 16.6. The lowest BCUT2D eigenvalue weighted by atomic mass is 9.98. The maximum atomic E-state index is 11.9. The Hall–Kier alpha value is -2.89. The van der Waals surface area contributed by atoms with Crippen molar-refractivity contribution in [3.8, 4) is 0 Å². The Kier molecular flexibility index (Phi) is 9.22. The van der Waals surface area contributed by atoms with E-state index in [1.54, 1.807) is 41.5 Å². The summed E-state index contributed by atoms with van der Waals surface area (Å²) in [6, 6.07) is 0. The maximum absolute atomic E-state index is 11.9. The molecule has 0 aliphatic rings. The van der Waals surface area contributed by atoms with Crippen molar-refractivity contribution < 1.29 is 29.1 Å². The van der Waals surface area contributed by atoms with Crippen LogP contribution in [-0.2, 0) is 15.9 Å². The lowest BCUT2D eigenvalue weighted by Gasteiger charge is -2.24. The number of nitrogens with one attached hydrogen (secondary N) is 3. The molecule has 12 heteroatoms. The molecule has 4 N–H and O–H groups in total. The number of rotatable bonds is 9. The zero-order chi connectivity index (χ0) is 23.8. The molecule has 0 saturated heterocycles. The molecule has 1 aromatic rings. The number of aromatic nitrogens is 2. The first kappa shape index (κ1) is 26.1. The number of aliphatic hydroxyl groups is 1. The number of ether oxygens (including phenoxy) is 2. The van der Waals surface area contributed by atoms with E-state index in [9.17, 15) is 24.8 Å². The van der Waals surface area contributed by atoms with Gasteiger partial charge in [0.1, 0.15) is 23.1 Å². The van der Waals surface area contributed by atoms with Crippen molar-refractivity contribution >= 4 is 18.1 Å². The molecule has 0 bridgehead atoms. The summed E-state index contributed by atoms with van der Waals surface area (Å²) in [5.74, 6) is -0.759. The molecule has 1 atom stereocenters. The Morgan fingerprint density at radius 1 is 1.13 bits per heavy atom. The zero-order valence-electron chi connectivity index (χ0n) is 18.9. The van der Waals surface area contributed by atoms with Gasteiger partial charge in [-0.25, -0.2) is 14.6 Å². The minimum Gasteiger partial charge on any atom is -0.444 e. The van der Waals surface area contributed by atoms with E-state index in [1.165, 1.54) is 6.20 Å². The first-order valence-electron chi connectivity index (χ1n) is 9.94. The molecule has 0 spiro atoms. The van der Waals surface area contributed by atoms with Gasteiger partial charge in [-0.15, -0.1) is 0 Å². The van der Waals surface area contributed by atoms with Crippen LogP contribution in [0.2, 0.25) is 0 Å². The van der Waals surface area contributed by atoms with Gasteiger partial charge in [-0.1, -0.05) is 4.98 Å². The van der Waals surface area contributed by atoms with Crippen LogP contribution >= 0.6 is 0 Å². The lowest BCUT2D eigenvalue weighted by molar-refractivity contribution is -0.393. The number of alkyl carbamates (subject to hydrolysis) is 2. The Balaban J connectivity index is 2.69. The number of hydrogen-bond donors (Lipinski definition) is 4. The summed E-state index contributed by atoms with van der Waals surface area (Å²) < 4.78 is 10.4. The van der Waals surface area contributed by atoms with Crippen molar-refractivity contribution in [3.63, 3.8) is 0 Å². The molecule has 0 aliphatic carbocycles. The Morgan fingerprint density at radius 3 is 2.00 bits per heavy atom. The van der Waals surface area contributed by atoms with E-state index in [-0.39, 0.29) is 31.8 Å². The van der Waals surface area contributed by atoms with Crippen LogP contribution in [-0.4, -0.2) is 62.6 Å². The minimum atomic E-state index is -0.897. The Morgan fingerprint density at radius 2 is 1.61 bits per heavy atom. The van der Waals surface area contributed by atoms with Crippen molar-refractivity contribution in [2.75, 3.05) is 13.1 Å². The van der Waals surface area contributed by atoms with Crippen LogP contribution in [0.5, 0.6) is 0 Å². The number of aromatic amines is 1. The standard InChI is InChI=1S/C19H33N5O7/c1-18(2,3)30-16(26)21-9-12(10-22-17(27)31-19(4,5)6)7-14(25)8-13-11-20-15(23-13)24(28)29/h11-12,14,25H,7-10H2,1-6H3,(H,20,23)(H,21,26)(H,22,27). The first-order valence-corrected chi connectivity index (χ1v) is 9.94. The molecule has 1 heterocycles. The molecule has 12 nitrogen and oxygen atoms in total. The highest BCUT2D eigenvalue weighted by Gasteiger charge is 2.23. The average Bonchev–Trinajstić information content (AvgIpc) is 3.02. The number of carbonyl (C=O) groups is 2. The normalized spacial score (nSPS) is 12.9. The third kappa shape index (κ3) is 11.8. The number of aliphatic hydroxyl groups excluding tert-OH is 1. The molecule has 176 valence electrons. The van der Waals surface area contributed by atoms with Crippen LogP contribution in [0.25, 0.3) is 0 Å². The van der Waals surface area contributed by atoms with Crippen molar-refractivity contribution in [3.05, 3.63) is 22.0 Å². The molecule has 1 unspecified atom stereocenters. The van der Waals surface area contributed by atoms with Crippen molar-refractivity contribution in [2.45, 2.75) is 71.7 Å². The molecular weight excluding hydrogens is 410 g/mol. The van der Waals surface area contributed by atoms with Crippen LogP contribution in [0.1, 0.15) is 53.7 Å². The third-order valence-corrected chi connectivity index (χ3v) is 3.72. The van der Waals surface area contributed by atoms with E-state index in [1.807, 2.05) is 0 Å². The number of imidazole rings is 1. The lowest BCUT2D eigenvalue weighted by Crippen LogP contribution is -2.41. The van der Waals surface area contributed by atoms with Crippen LogP contribution in [0.4, 0.5) is 15.5 Å². The summed E-state index contributed by atoms with van der Waals surface area (Å²) in [6.45, 7) is 10.7. The zero-order valence-corrected chi connectivity index (χ0v) is 18.9. The number of H-pyrrole nitrogens is 1. The van der Waals surface area contributed by atoms with E-state index >= 15 is 0 Å². The molecule has 1 aromatic heterocycles. The number of nitro groups is 1. The summed E-state index contributed by atoms with van der Waals surface area (Å²) in [5, 5.41) is 26.4. The second-order valence-electron chi connectivity index (χ2n) is 9.21. The number of hydrogen-bond acceptors (Lipinski definition) is 8. The molecular formula is C19H33N5O7. The van der Waals surface area contributed by atoms with E-state index < -0.39 is 40.4 Å². The highest BCUT2D eigenvalue weighted by Crippen LogP contribution is 2.14. The van der Waals surface area contributed by atoms with Crippen molar-refractivity contribution in [1.29, 1.82) is 0 Å². The van der Waals surface area contributed by atoms with Gasteiger partial charge in [0.05, 0.1) is 6.10 Å². The van der Waals surface area contributed by atoms with Gasteiger partial charge in [0, 0.05) is 19.5 Å². The first-order chi connectivity index (χ1) is 14.1. The predicted molar refractivity (Wildman–Crippen MR) is 112 cm³/mol. The number of amides is 2. The van der Waals surface area contributed by atoms with Gasteiger partial charge >= 0.3 is 18.1 Å². The summed E-state index contributed by atoms with van der Waals surface area (Å²) >= 11 is 0. The summed E-state index contributed by atoms with van der Waals surface area (Å²) in [6.07, 6.45) is -0.559. The van der Waals surface area contributed by atoms with Crippen LogP contribution < -0.4 is 10.6 Å². The van der Waals surface area contributed by atoms with Gasteiger partial charge in [0.2, 0.25) is 0 Å². The van der Waals surface area contributed by atoms with E-state index in [2.05, 4.69) is 20.6 Å². The fourth-order valence-electron chi connectivity index (χ4n) is 2.59. The van der Waals surface area contributed by atoms with Crippen molar-refractivity contribution in [2.24, 2.45) is 5.92 Å². The Labute approximate surface area is 181 Å². The molecule has 2 amide bonds. The Bertz CT molecular complexity index is 720. The van der Waals surface area contributed by atoms with Gasteiger partial charge in [-0.05, 0) is 58.8 Å². The smallest absolute Gasteiger partial charge is 0.432 e. The van der Waals surface area contributed by atoms with Crippen LogP contribution in [0.15, 0.2) is 6.20 Å². The number of nitrogens with zero attached hydrogens (tertiary/aromatic N) is 2. The van der Waals surface area contributed by atoms with E-state index in [0.717, 1.165) is 0 Å². The number of carbonyl (C=O) groups excluding carboxylic acids is 2.